The van der Waals surface area contributed by atoms with Gasteiger partial charge in [0.2, 0.25) is 0 Å². The van der Waals surface area contributed by atoms with Gasteiger partial charge in [-0.2, -0.15) is 20.8 Å². The molecule has 18 heavy (non-hydrogen) atoms. The second kappa shape index (κ2) is 7.03. The molecule has 0 spiro atoms. The summed E-state index contributed by atoms with van der Waals surface area (Å²) in [5.74, 6) is 2.25. The first kappa shape index (κ1) is 17.3. The van der Waals surface area contributed by atoms with Gasteiger partial charge >= 0.3 is 21.1 Å². The standard InChI is InChI=1S/C10H12N3.C4H9.W/c1-10(2,3)9-12-6-8-7(13-9)4-5-11-8;1-4(2)3;/h4-5,11H,1-3H3;1-3H3;/q2*-1;+2. The van der Waals surface area contributed by atoms with E-state index >= 15 is 0 Å². The zero-order valence-corrected chi connectivity index (χ0v) is 14.9. The summed E-state index contributed by atoms with van der Waals surface area (Å²) in [5, 5.41) is 0. The van der Waals surface area contributed by atoms with Crippen molar-refractivity contribution in [2.45, 2.75) is 47.0 Å². The monoisotopic (exact) mass is 415 g/mol. The summed E-state index contributed by atoms with van der Waals surface area (Å²) < 4.78 is 0. The molecule has 0 amide bonds. The Labute approximate surface area is 124 Å². The molecule has 2 rings (SSSR count). The minimum absolute atomic E-state index is 0. The minimum atomic E-state index is -0.0119. The number of H-pyrrole nitrogens is 1. The minimum Gasteiger partial charge on any atom is -0.382 e. The Morgan fingerprint density at radius 3 is 2.28 bits per heavy atom. The van der Waals surface area contributed by atoms with Gasteiger partial charge in [-0.05, 0) is 22.6 Å². The number of hydrogen-bond donors (Lipinski definition) is 1. The van der Waals surface area contributed by atoms with E-state index < -0.39 is 0 Å². The molecule has 2 heterocycles. The van der Waals surface area contributed by atoms with E-state index in [0.29, 0.717) is 0 Å². The summed E-state index contributed by atoms with van der Waals surface area (Å²) in [6.07, 6.45) is 4.79. The van der Waals surface area contributed by atoms with Gasteiger partial charge in [-0.15, -0.1) is 0 Å². The number of rotatable bonds is 0. The zero-order valence-electron chi connectivity index (χ0n) is 12.0. The fourth-order valence-electron chi connectivity index (χ4n) is 1.13. The number of nitrogens with zero attached hydrogens (tertiary/aromatic N) is 2. The van der Waals surface area contributed by atoms with Crippen molar-refractivity contribution >= 4 is 11.0 Å². The van der Waals surface area contributed by atoms with Crippen molar-refractivity contribution in [3.63, 3.8) is 0 Å². The van der Waals surface area contributed by atoms with Crippen LogP contribution in [0.1, 0.15) is 47.4 Å². The average Bonchev–Trinajstić information content (AvgIpc) is 2.61. The summed E-state index contributed by atoms with van der Waals surface area (Å²) in [5.41, 5.74) is 1.79. The molecule has 0 aromatic carbocycles. The molecule has 0 unspecified atom stereocenters. The normalized spacial score (nSPS) is 10.8. The summed E-state index contributed by atoms with van der Waals surface area (Å²) in [6, 6.07) is 1.93. The van der Waals surface area contributed by atoms with Crippen molar-refractivity contribution in [2.24, 2.45) is 0 Å². The topological polar surface area (TPSA) is 41.6 Å². The molecule has 98 valence electrons. The predicted molar refractivity (Wildman–Crippen MR) is 71.7 cm³/mol. The van der Waals surface area contributed by atoms with E-state index in [1.165, 1.54) is 5.92 Å². The summed E-state index contributed by atoms with van der Waals surface area (Å²) in [7, 11) is 0. The molecule has 0 saturated carbocycles. The van der Waals surface area contributed by atoms with Crippen molar-refractivity contribution < 1.29 is 21.1 Å². The molecule has 0 bridgehead atoms. The number of fused-ring (bicyclic) bond motifs is 1. The molecule has 1 N–H and O–H groups in total. The van der Waals surface area contributed by atoms with Crippen LogP contribution < -0.4 is 0 Å². The molecule has 0 aliphatic carbocycles. The van der Waals surface area contributed by atoms with Gasteiger partial charge in [-0.25, -0.2) is 0 Å². The van der Waals surface area contributed by atoms with E-state index in [1.54, 1.807) is 0 Å². The molecule has 2 aromatic rings. The van der Waals surface area contributed by atoms with Gasteiger partial charge in [-0.1, -0.05) is 33.0 Å². The second-order valence-corrected chi connectivity index (χ2v) is 5.65. The van der Waals surface area contributed by atoms with E-state index in [0.717, 1.165) is 16.9 Å². The largest absolute Gasteiger partial charge is 2.00 e. The number of aromatic amines is 1. The molecule has 0 aliphatic heterocycles. The van der Waals surface area contributed by atoms with Crippen molar-refractivity contribution in [2.75, 3.05) is 0 Å². The predicted octanol–water partition coefficient (Wildman–Crippen LogP) is 3.67. The fraction of sp³-hybridized carbons (Fsp3) is 0.500. The Bertz CT molecular complexity index is 466. The van der Waals surface area contributed by atoms with Crippen LogP contribution in [0, 0.1) is 12.1 Å². The van der Waals surface area contributed by atoms with Gasteiger partial charge < -0.3 is 20.9 Å². The second-order valence-electron chi connectivity index (χ2n) is 5.65. The van der Waals surface area contributed by atoms with E-state index in [4.69, 9.17) is 0 Å². The summed E-state index contributed by atoms with van der Waals surface area (Å²) in [6.45, 7) is 12.5. The van der Waals surface area contributed by atoms with Crippen LogP contribution in [-0.4, -0.2) is 15.0 Å². The molecule has 3 nitrogen and oxygen atoms in total. The van der Waals surface area contributed by atoms with E-state index in [9.17, 15) is 0 Å². The zero-order chi connectivity index (χ0) is 13.1. The maximum Gasteiger partial charge on any atom is 2.00 e. The van der Waals surface area contributed by atoms with Gasteiger partial charge in [0.1, 0.15) is 0 Å². The summed E-state index contributed by atoms with van der Waals surface area (Å²) >= 11 is 0. The van der Waals surface area contributed by atoms with Gasteiger partial charge in [0, 0.05) is 5.82 Å². The van der Waals surface area contributed by atoms with Crippen LogP contribution in [0.5, 0.6) is 0 Å². The van der Waals surface area contributed by atoms with Crippen molar-refractivity contribution in [3.05, 3.63) is 30.2 Å². The maximum atomic E-state index is 4.43. The summed E-state index contributed by atoms with van der Waals surface area (Å²) in [4.78, 5) is 11.6. The third kappa shape index (κ3) is 5.30. The SMILES string of the molecule is CC(C)(C)c1n[c-]c2[nH]ccc2n1.C[C-](C)C.[W+2]. The number of hydrogen-bond acceptors (Lipinski definition) is 2. The van der Waals surface area contributed by atoms with Crippen LogP contribution in [0.15, 0.2) is 12.3 Å². The van der Waals surface area contributed by atoms with Gasteiger partial charge in [0.15, 0.2) is 0 Å². The third-order valence-corrected chi connectivity index (χ3v) is 1.90. The van der Waals surface area contributed by atoms with E-state index in [2.05, 4.69) is 62.7 Å². The van der Waals surface area contributed by atoms with Crippen LogP contribution >= 0.6 is 0 Å². The Balaban J connectivity index is 0.000000512. The van der Waals surface area contributed by atoms with Crippen LogP contribution in [0.3, 0.4) is 0 Å². The van der Waals surface area contributed by atoms with Gasteiger partial charge in [0.05, 0.1) is 0 Å². The average molecular weight is 415 g/mol. The molecule has 0 atom stereocenters. The Morgan fingerprint density at radius 1 is 1.22 bits per heavy atom. The van der Waals surface area contributed by atoms with Crippen molar-refractivity contribution in [1.29, 1.82) is 0 Å². The van der Waals surface area contributed by atoms with Crippen LogP contribution in [-0.2, 0) is 26.5 Å². The van der Waals surface area contributed by atoms with Crippen molar-refractivity contribution in [3.8, 4) is 0 Å². The van der Waals surface area contributed by atoms with E-state index in [1.807, 2.05) is 12.3 Å². The van der Waals surface area contributed by atoms with Gasteiger partial charge in [-0.3, -0.25) is 0 Å². The molecular formula is C14H21N3W. The van der Waals surface area contributed by atoms with Crippen LogP contribution in [0.25, 0.3) is 11.0 Å². The molecule has 4 heteroatoms. The quantitative estimate of drug-likeness (QED) is 0.668. The van der Waals surface area contributed by atoms with Gasteiger partial charge in [0.25, 0.3) is 0 Å². The van der Waals surface area contributed by atoms with Crippen LogP contribution in [0.2, 0.25) is 0 Å². The number of nitrogens with one attached hydrogen (secondary N) is 1. The molecule has 0 fully saturated rings. The molecule has 0 saturated heterocycles. The first-order valence-corrected chi connectivity index (χ1v) is 5.81. The number of aromatic nitrogens is 3. The van der Waals surface area contributed by atoms with Crippen LogP contribution in [0.4, 0.5) is 0 Å². The van der Waals surface area contributed by atoms with Crippen molar-refractivity contribution in [1.82, 2.24) is 15.0 Å². The first-order chi connectivity index (χ1) is 7.80. The molecule has 2 aromatic heterocycles. The third-order valence-electron chi connectivity index (χ3n) is 1.90. The maximum absolute atomic E-state index is 4.43. The Morgan fingerprint density at radius 2 is 1.78 bits per heavy atom. The first-order valence-electron chi connectivity index (χ1n) is 5.81. The van der Waals surface area contributed by atoms with E-state index in [-0.39, 0.29) is 26.5 Å². The smallest absolute Gasteiger partial charge is 0.382 e. The molecule has 0 radical (unpaired) electrons. The fourth-order valence-corrected chi connectivity index (χ4v) is 1.13. The molecule has 0 aliphatic rings. The molecular weight excluding hydrogens is 394 g/mol. The Kier molecular flexibility index (Phi) is 6.76. The Hall–Kier alpha value is -0.692.